The van der Waals surface area contributed by atoms with Crippen LogP contribution in [0.15, 0.2) is 29.1 Å². The van der Waals surface area contributed by atoms with Crippen LogP contribution in [0.4, 0.5) is 0 Å². The minimum atomic E-state index is -0.367. The Bertz CT molecular complexity index is 872. The lowest BCUT2D eigenvalue weighted by Gasteiger charge is -2.05. The molecule has 1 N–H and O–H groups in total. The highest BCUT2D eigenvalue weighted by Gasteiger charge is 2.11. The Morgan fingerprint density at radius 2 is 2.21 bits per heavy atom. The maximum absolute atomic E-state index is 11.8. The van der Waals surface area contributed by atoms with Gasteiger partial charge < -0.3 is 4.98 Å². The van der Waals surface area contributed by atoms with Gasteiger partial charge in [-0.3, -0.25) is 4.79 Å². The number of aromatic amines is 1. The smallest absolute Gasteiger partial charge is 0.266 e. The van der Waals surface area contributed by atoms with E-state index in [0.717, 1.165) is 21.5 Å². The number of aromatic nitrogens is 3. The molecule has 3 aromatic rings. The summed E-state index contributed by atoms with van der Waals surface area (Å²) >= 11 is 1.31. The van der Waals surface area contributed by atoms with Gasteiger partial charge in [-0.2, -0.15) is 5.26 Å². The number of benzene rings is 1. The van der Waals surface area contributed by atoms with Crippen molar-refractivity contribution < 1.29 is 0 Å². The molecule has 0 aliphatic rings. The number of nitrogens with one attached hydrogen (secondary N) is 1. The van der Waals surface area contributed by atoms with Gasteiger partial charge in [0.25, 0.3) is 5.56 Å². The van der Waals surface area contributed by atoms with Crippen molar-refractivity contribution >= 4 is 21.7 Å². The summed E-state index contributed by atoms with van der Waals surface area (Å²) in [5.41, 5.74) is 2.66. The molecular formula is C13H8N4OS. The maximum atomic E-state index is 11.8. The highest BCUT2D eigenvalue weighted by molar-refractivity contribution is 7.12. The molecule has 0 radical (unpaired) electrons. The van der Waals surface area contributed by atoms with Crippen LogP contribution in [-0.4, -0.2) is 14.6 Å². The number of hydrogen-bond acceptors (Lipinski definition) is 5. The Morgan fingerprint density at radius 3 is 3.00 bits per heavy atom. The zero-order chi connectivity index (χ0) is 13.4. The first-order chi connectivity index (χ1) is 9.19. The number of pyridine rings is 1. The largest absolute Gasteiger partial charge is 0.325 e. The van der Waals surface area contributed by atoms with E-state index in [4.69, 9.17) is 5.26 Å². The van der Waals surface area contributed by atoms with Crippen LogP contribution in [0, 0.1) is 18.3 Å². The third-order valence-corrected chi connectivity index (χ3v) is 3.54. The van der Waals surface area contributed by atoms with Gasteiger partial charge in [0.05, 0.1) is 4.70 Å². The quantitative estimate of drug-likeness (QED) is 0.733. The van der Waals surface area contributed by atoms with E-state index in [1.165, 1.54) is 11.5 Å². The van der Waals surface area contributed by atoms with Crippen molar-refractivity contribution in [2.24, 2.45) is 0 Å². The summed E-state index contributed by atoms with van der Waals surface area (Å²) < 4.78 is 4.85. The van der Waals surface area contributed by atoms with Crippen molar-refractivity contribution in [3.8, 4) is 17.2 Å². The van der Waals surface area contributed by atoms with Gasteiger partial charge in [0.15, 0.2) is 0 Å². The van der Waals surface area contributed by atoms with Gasteiger partial charge in [-0.25, -0.2) is 0 Å². The molecular weight excluding hydrogens is 260 g/mol. The van der Waals surface area contributed by atoms with Crippen molar-refractivity contribution in [1.82, 2.24) is 14.6 Å². The van der Waals surface area contributed by atoms with Crippen molar-refractivity contribution in [1.29, 1.82) is 5.26 Å². The standard InChI is InChI=1S/C13H8N4OS/c1-7-4-9(10(6-14)13(18)15-7)8-2-3-12-11(5-8)16-17-19-12/h2-5H,1H3,(H,15,18). The molecule has 0 aliphatic heterocycles. The molecule has 6 heteroatoms. The lowest BCUT2D eigenvalue weighted by Crippen LogP contribution is -2.12. The molecule has 0 bridgehead atoms. The van der Waals surface area contributed by atoms with Crippen LogP contribution in [0.1, 0.15) is 11.3 Å². The molecule has 2 aromatic heterocycles. The lowest BCUT2D eigenvalue weighted by atomic mass is 10.0. The SMILES string of the molecule is Cc1cc(-c2ccc3snnc3c2)c(C#N)c(=O)[nH]1. The first-order valence-corrected chi connectivity index (χ1v) is 6.33. The van der Waals surface area contributed by atoms with E-state index in [9.17, 15) is 4.79 Å². The molecule has 0 amide bonds. The minimum Gasteiger partial charge on any atom is -0.325 e. The van der Waals surface area contributed by atoms with Crippen molar-refractivity contribution in [3.63, 3.8) is 0 Å². The minimum absolute atomic E-state index is 0.119. The fourth-order valence-corrected chi connectivity index (χ4v) is 2.51. The fourth-order valence-electron chi connectivity index (χ4n) is 1.98. The Balaban J connectivity index is 2.32. The van der Waals surface area contributed by atoms with E-state index >= 15 is 0 Å². The molecule has 19 heavy (non-hydrogen) atoms. The predicted molar refractivity (Wildman–Crippen MR) is 72.9 cm³/mol. The average molecular weight is 268 g/mol. The maximum Gasteiger partial charge on any atom is 0.266 e. The fraction of sp³-hybridized carbons (Fsp3) is 0.0769. The van der Waals surface area contributed by atoms with Gasteiger partial charge in [0, 0.05) is 11.3 Å². The van der Waals surface area contributed by atoms with Gasteiger partial charge in [-0.05, 0) is 42.2 Å². The molecule has 0 spiro atoms. The second-order valence-electron chi connectivity index (χ2n) is 4.14. The third-order valence-electron chi connectivity index (χ3n) is 2.84. The number of nitriles is 1. The molecule has 2 heterocycles. The van der Waals surface area contributed by atoms with Crippen molar-refractivity contribution in [2.45, 2.75) is 6.92 Å². The van der Waals surface area contributed by atoms with Gasteiger partial charge in [0.2, 0.25) is 0 Å². The summed E-state index contributed by atoms with van der Waals surface area (Å²) in [6.07, 6.45) is 0. The lowest BCUT2D eigenvalue weighted by molar-refractivity contribution is 1.13. The van der Waals surface area contributed by atoms with E-state index in [1.54, 1.807) is 13.0 Å². The van der Waals surface area contributed by atoms with Gasteiger partial charge in [-0.1, -0.05) is 10.6 Å². The van der Waals surface area contributed by atoms with Gasteiger partial charge in [-0.15, -0.1) is 5.10 Å². The van der Waals surface area contributed by atoms with Crippen LogP contribution in [0.2, 0.25) is 0 Å². The van der Waals surface area contributed by atoms with Crippen molar-refractivity contribution in [2.75, 3.05) is 0 Å². The van der Waals surface area contributed by atoms with E-state index in [2.05, 4.69) is 14.6 Å². The highest BCUT2D eigenvalue weighted by atomic mass is 32.1. The number of fused-ring (bicyclic) bond motifs is 1. The summed E-state index contributed by atoms with van der Waals surface area (Å²) in [6, 6.07) is 9.36. The number of rotatable bonds is 1. The first kappa shape index (κ1) is 11.6. The van der Waals surface area contributed by atoms with E-state index < -0.39 is 0 Å². The molecule has 1 aromatic carbocycles. The van der Waals surface area contributed by atoms with Crippen LogP contribution >= 0.6 is 11.5 Å². The molecule has 5 nitrogen and oxygen atoms in total. The highest BCUT2D eigenvalue weighted by Crippen LogP contribution is 2.26. The normalized spacial score (nSPS) is 10.5. The van der Waals surface area contributed by atoms with Gasteiger partial charge >= 0.3 is 0 Å². The second-order valence-corrected chi connectivity index (χ2v) is 4.92. The van der Waals surface area contributed by atoms with Crippen LogP contribution < -0.4 is 5.56 Å². The number of H-pyrrole nitrogens is 1. The number of aryl methyl sites for hydroxylation is 1. The molecule has 0 saturated carbocycles. The summed E-state index contributed by atoms with van der Waals surface area (Å²) in [5, 5.41) is 13.1. The van der Waals surface area contributed by atoms with E-state index in [0.29, 0.717) is 5.56 Å². The molecule has 0 aliphatic carbocycles. The molecule has 92 valence electrons. The molecule has 0 saturated heterocycles. The van der Waals surface area contributed by atoms with Crippen molar-refractivity contribution in [3.05, 3.63) is 45.9 Å². The summed E-state index contributed by atoms with van der Waals surface area (Å²) in [6.45, 7) is 1.79. The van der Waals surface area contributed by atoms with Crippen LogP contribution in [-0.2, 0) is 0 Å². The monoisotopic (exact) mass is 268 g/mol. The average Bonchev–Trinajstić information content (AvgIpc) is 2.85. The van der Waals surface area contributed by atoms with E-state index in [1.807, 2.05) is 24.3 Å². The molecule has 0 fully saturated rings. The molecule has 0 unspecified atom stereocenters. The first-order valence-electron chi connectivity index (χ1n) is 5.55. The molecule has 3 rings (SSSR count). The van der Waals surface area contributed by atoms with E-state index in [-0.39, 0.29) is 11.1 Å². The third kappa shape index (κ3) is 1.90. The van der Waals surface area contributed by atoms with Crippen LogP contribution in [0.5, 0.6) is 0 Å². The summed E-state index contributed by atoms with van der Waals surface area (Å²) in [4.78, 5) is 14.4. The zero-order valence-electron chi connectivity index (χ0n) is 9.97. The summed E-state index contributed by atoms with van der Waals surface area (Å²) in [7, 11) is 0. The Labute approximate surface area is 112 Å². The van der Waals surface area contributed by atoms with Crippen LogP contribution in [0.3, 0.4) is 0 Å². The Kier molecular flexibility index (Phi) is 2.62. The predicted octanol–water partition coefficient (Wildman–Crippen LogP) is 2.23. The zero-order valence-corrected chi connectivity index (χ0v) is 10.8. The Hall–Kier alpha value is -2.52. The summed E-state index contributed by atoms with van der Waals surface area (Å²) in [5.74, 6) is 0. The number of nitrogens with zero attached hydrogens (tertiary/aromatic N) is 3. The van der Waals surface area contributed by atoms with Gasteiger partial charge in [0.1, 0.15) is 17.1 Å². The topological polar surface area (TPSA) is 82.4 Å². The second kappa shape index (κ2) is 4.30. The molecule has 0 atom stereocenters. The number of hydrogen-bond donors (Lipinski definition) is 1. The Morgan fingerprint density at radius 1 is 1.37 bits per heavy atom. The van der Waals surface area contributed by atoms with Crippen LogP contribution in [0.25, 0.3) is 21.3 Å².